The van der Waals surface area contributed by atoms with Crippen molar-refractivity contribution >= 4 is 38.1 Å². The second-order valence-electron chi connectivity index (χ2n) is 4.82. The highest BCUT2D eigenvalue weighted by Gasteiger charge is 2.14. The van der Waals surface area contributed by atoms with E-state index in [0.29, 0.717) is 16.6 Å². The number of halogens is 1. The maximum atomic E-state index is 12.4. The summed E-state index contributed by atoms with van der Waals surface area (Å²) in [5, 5.41) is 2.12. The van der Waals surface area contributed by atoms with Gasteiger partial charge in [0.1, 0.15) is 0 Å². The van der Waals surface area contributed by atoms with Crippen LogP contribution in [-0.2, 0) is 10.0 Å². The summed E-state index contributed by atoms with van der Waals surface area (Å²) in [6.07, 6.45) is 1.61. The molecule has 0 bridgehead atoms. The molecule has 0 amide bonds. The van der Waals surface area contributed by atoms with Gasteiger partial charge in [0.15, 0.2) is 0 Å². The summed E-state index contributed by atoms with van der Waals surface area (Å²) >= 11 is 5.78. The van der Waals surface area contributed by atoms with Crippen molar-refractivity contribution in [2.45, 2.75) is 4.90 Å². The minimum Gasteiger partial charge on any atom is -0.481 e. The van der Waals surface area contributed by atoms with Gasteiger partial charge >= 0.3 is 0 Å². The molecular formula is C16H13ClN2O3S. The molecule has 0 unspecified atom stereocenters. The Morgan fingerprint density at radius 2 is 1.83 bits per heavy atom. The average molecular weight is 349 g/mol. The van der Waals surface area contributed by atoms with Crippen LogP contribution in [0.4, 0.5) is 5.69 Å². The van der Waals surface area contributed by atoms with Crippen LogP contribution in [0.2, 0.25) is 5.02 Å². The molecular weight excluding hydrogens is 336 g/mol. The van der Waals surface area contributed by atoms with Crippen molar-refractivity contribution in [2.24, 2.45) is 0 Å². The molecule has 1 N–H and O–H groups in total. The van der Waals surface area contributed by atoms with E-state index in [1.54, 1.807) is 37.6 Å². The lowest BCUT2D eigenvalue weighted by Gasteiger charge is -2.10. The highest BCUT2D eigenvalue weighted by Crippen LogP contribution is 2.27. The summed E-state index contributed by atoms with van der Waals surface area (Å²) in [4.78, 5) is 4.26. The Labute approximate surface area is 138 Å². The van der Waals surface area contributed by atoms with E-state index < -0.39 is 10.0 Å². The first kappa shape index (κ1) is 15.6. The average Bonchev–Trinajstić information content (AvgIpc) is 2.54. The fraction of sp³-hybridized carbons (Fsp3) is 0.0625. The van der Waals surface area contributed by atoms with Gasteiger partial charge in [-0.05, 0) is 53.9 Å². The maximum Gasteiger partial charge on any atom is 0.261 e. The van der Waals surface area contributed by atoms with Crippen LogP contribution in [0.3, 0.4) is 0 Å². The minimum atomic E-state index is -3.67. The predicted octanol–water partition coefficient (Wildman–Crippen LogP) is 3.70. The number of nitrogens with one attached hydrogen (secondary N) is 1. The molecule has 23 heavy (non-hydrogen) atoms. The molecule has 0 saturated carbocycles. The Balaban J connectivity index is 1.96. The number of hydrogen-bond donors (Lipinski definition) is 1. The zero-order valence-corrected chi connectivity index (χ0v) is 13.7. The van der Waals surface area contributed by atoms with E-state index in [1.807, 2.05) is 0 Å². The van der Waals surface area contributed by atoms with E-state index in [0.717, 1.165) is 10.8 Å². The van der Waals surface area contributed by atoms with E-state index in [2.05, 4.69) is 9.71 Å². The molecule has 0 atom stereocenters. The number of methoxy groups -OCH3 is 1. The second-order valence-corrected chi connectivity index (χ2v) is 6.93. The second kappa shape index (κ2) is 6.06. The zero-order chi connectivity index (χ0) is 16.4. The van der Waals surface area contributed by atoms with Crippen LogP contribution in [0, 0.1) is 0 Å². The van der Waals surface area contributed by atoms with Crippen molar-refractivity contribution in [3.05, 3.63) is 59.8 Å². The van der Waals surface area contributed by atoms with Crippen molar-refractivity contribution in [3.8, 4) is 5.88 Å². The van der Waals surface area contributed by atoms with Gasteiger partial charge in [-0.15, -0.1) is 0 Å². The number of aromatic nitrogens is 1. The molecule has 2 aromatic carbocycles. The van der Waals surface area contributed by atoms with Crippen molar-refractivity contribution in [1.82, 2.24) is 4.98 Å². The first-order valence-electron chi connectivity index (χ1n) is 6.71. The summed E-state index contributed by atoms with van der Waals surface area (Å²) in [5.74, 6) is 0.495. The molecule has 5 nitrogen and oxygen atoms in total. The van der Waals surface area contributed by atoms with Gasteiger partial charge < -0.3 is 4.74 Å². The smallest absolute Gasteiger partial charge is 0.261 e. The number of sulfonamides is 1. The Morgan fingerprint density at radius 1 is 1.09 bits per heavy atom. The molecule has 1 heterocycles. The van der Waals surface area contributed by atoms with Gasteiger partial charge in [-0.3, -0.25) is 4.72 Å². The Morgan fingerprint density at radius 3 is 2.52 bits per heavy atom. The van der Waals surface area contributed by atoms with Crippen molar-refractivity contribution < 1.29 is 13.2 Å². The van der Waals surface area contributed by atoms with Crippen LogP contribution in [0.25, 0.3) is 10.8 Å². The van der Waals surface area contributed by atoms with Gasteiger partial charge in [0, 0.05) is 22.3 Å². The van der Waals surface area contributed by atoms with E-state index in [9.17, 15) is 8.42 Å². The number of fused-ring (bicyclic) bond motifs is 1. The quantitative estimate of drug-likeness (QED) is 0.780. The SMILES string of the molecule is COc1nccc2cc(NS(=O)(=O)c3ccc(Cl)cc3)ccc12. The number of benzene rings is 2. The van der Waals surface area contributed by atoms with Crippen LogP contribution in [-0.4, -0.2) is 20.5 Å². The molecule has 0 saturated heterocycles. The molecule has 3 aromatic rings. The molecule has 0 spiro atoms. The molecule has 7 heteroatoms. The zero-order valence-electron chi connectivity index (χ0n) is 12.2. The third kappa shape index (κ3) is 3.23. The number of nitrogens with zero attached hydrogens (tertiary/aromatic N) is 1. The summed E-state index contributed by atoms with van der Waals surface area (Å²) in [6.45, 7) is 0. The summed E-state index contributed by atoms with van der Waals surface area (Å²) in [5.41, 5.74) is 0.459. The normalized spacial score (nSPS) is 11.4. The number of hydrogen-bond acceptors (Lipinski definition) is 4. The Bertz CT molecular complexity index is 957. The van der Waals surface area contributed by atoms with Crippen LogP contribution in [0.5, 0.6) is 5.88 Å². The number of pyridine rings is 1. The molecule has 0 fully saturated rings. The topological polar surface area (TPSA) is 68.3 Å². The van der Waals surface area contributed by atoms with Crippen LogP contribution >= 0.6 is 11.6 Å². The van der Waals surface area contributed by atoms with Gasteiger partial charge in [-0.25, -0.2) is 13.4 Å². The van der Waals surface area contributed by atoms with E-state index in [4.69, 9.17) is 16.3 Å². The highest BCUT2D eigenvalue weighted by atomic mass is 35.5. The molecule has 0 aliphatic rings. The number of ether oxygens (including phenoxy) is 1. The largest absolute Gasteiger partial charge is 0.481 e. The highest BCUT2D eigenvalue weighted by molar-refractivity contribution is 7.92. The maximum absolute atomic E-state index is 12.4. The van der Waals surface area contributed by atoms with Crippen LogP contribution < -0.4 is 9.46 Å². The summed E-state index contributed by atoms with van der Waals surface area (Å²) < 4.78 is 32.5. The minimum absolute atomic E-state index is 0.148. The third-order valence-corrected chi connectivity index (χ3v) is 4.95. The van der Waals surface area contributed by atoms with Gasteiger partial charge in [0.25, 0.3) is 10.0 Å². The van der Waals surface area contributed by atoms with E-state index >= 15 is 0 Å². The molecule has 0 radical (unpaired) electrons. The fourth-order valence-corrected chi connectivity index (χ4v) is 3.38. The summed E-state index contributed by atoms with van der Waals surface area (Å²) in [7, 11) is -2.13. The lowest BCUT2D eigenvalue weighted by atomic mass is 10.1. The van der Waals surface area contributed by atoms with Crippen molar-refractivity contribution in [3.63, 3.8) is 0 Å². The van der Waals surface area contributed by atoms with Crippen LogP contribution in [0.15, 0.2) is 59.6 Å². The molecule has 0 aliphatic heterocycles. The lowest BCUT2D eigenvalue weighted by molar-refractivity contribution is 0.403. The first-order chi connectivity index (χ1) is 11.0. The Kier molecular flexibility index (Phi) is 4.11. The molecule has 1 aromatic heterocycles. The lowest BCUT2D eigenvalue weighted by Crippen LogP contribution is -2.12. The van der Waals surface area contributed by atoms with Gasteiger partial charge in [0.2, 0.25) is 5.88 Å². The summed E-state index contributed by atoms with van der Waals surface area (Å²) in [6, 6.07) is 12.9. The molecule has 3 rings (SSSR count). The predicted molar refractivity (Wildman–Crippen MR) is 90.6 cm³/mol. The van der Waals surface area contributed by atoms with Gasteiger partial charge in [0.05, 0.1) is 12.0 Å². The van der Waals surface area contributed by atoms with Gasteiger partial charge in [-0.2, -0.15) is 0 Å². The first-order valence-corrected chi connectivity index (χ1v) is 8.57. The fourth-order valence-electron chi connectivity index (χ4n) is 2.20. The number of rotatable bonds is 4. The van der Waals surface area contributed by atoms with E-state index in [1.165, 1.54) is 24.3 Å². The molecule has 0 aliphatic carbocycles. The standard InChI is InChI=1S/C16H13ClN2O3S/c1-22-16-15-7-4-13(10-11(15)8-9-18-16)19-23(20,21)14-5-2-12(17)3-6-14/h2-10,19H,1H3. The van der Waals surface area contributed by atoms with Crippen molar-refractivity contribution in [1.29, 1.82) is 0 Å². The molecule has 118 valence electrons. The van der Waals surface area contributed by atoms with Crippen molar-refractivity contribution in [2.75, 3.05) is 11.8 Å². The number of anilines is 1. The van der Waals surface area contributed by atoms with Crippen LogP contribution in [0.1, 0.15) is 0 Å². The monoisotopic (exact) mass is 348 g/mol. The van der Waals surface area contributed by atoms with Gasteiger partial charge in [-0.1, -0.05) is 11.6 Å². The third-order valence-electron chi connectivity index (χ3n) is 3.30. The Hall–Kier alpha value is -2.31. The van der Waals surface area contributed by atoms with E-state index in [-0.39, 0.29) is 4.90 Å².